The van der Waals surface area contributed by atoms with E-state index < -0.39 is 8.32 Å². The molecule has 1 aromatic rings. The Morgan fingerprint density at radius 2 is 1.68 bits per heavy atom. The van der Waals surface area contributed by atoms with Gasteiger partial charge in [-0.15, -0.1) is 0 Å². The number of aliphatic hydroxyl groups excluding tert-OH is 1. The highest BCUT2D eigenvalue weighted by Crippen LogP contribution is 2.43. The zero-order chi connectivity index (χ0) is 16.4. The van der Waals surface area contributed by atoms with Crippen LogP contribution in [0.2, 0.25) is 18.1 Å². The second kappa shape index (κ2) is 6.75. The topological polar surface area (TPSA) is 29.5 Å². The van der Waals surface area contributed by atoms with E-state index in [1.165, 1.54) is 18.4 Å². The fourth-order valence-corrected chi connectivity index (χ4v) is 4.04. The van der Waals surface area contributed by atoms with Gasteiger partial charge in [0.25, 0.3) is 0 Å². The molecule has 0 bridgehead atoms. The summed E-state index contributed by atoms with van der Waals surface area (Å²) in [7, 11) is -1.80. The van der Waals surface area contributed by atoms with Crippen LogP contribution in [0.1, 0.15) is 57.9 Å². The minimum atomic E-state index is -1.80. The van der Waals surface area contributed by atoms with Crippen LogP contribution in [0.5, 0.6) is 5.75 Å². The van der Waals surface area contributed by atoms with Crippen molar-refractivity contribution in [2.45, 2.75) is 70.5 Å². The molecule has 0 heterocycles. The van der Waals surface area contributed by atoms with Gasteiger partial charge in [0.15, 0.2) is 0 Å². The van der Waals surface area contributed by atoms with Crippen LogP contribution in [0.15, 0.2) is 24.3 Å². The molecule has 2 rings (SSSR count). The smallest absolute Gasteiger partial charge is 0.250 e. The van der Waals surface area contributed by atoms with Crippen LogP contribution in [0.25, 0.3) is 0 Å². The predicted molar refractivity (Wildman–Crippen MR) is 96.1 cm³/mol. The molecule has 22 heavy (non-hydrogen) atoms. The molecule has 1 aliphatic carbocycles. The lowest BCUT2D eigenvalue weighted by Gasteiger charge is -2.38. The van der Waals surface area contributed by atoms with Crippen LogP contribution in [-0.4, -0.2) is 20.0 Å². The van der Waals surface area contributed by atoms with Gasteiger partial charge in [0, 0.05) is 6.61 Å². The number of hydrogen-bond donors (Lipinski definition) is 1. The van der Waals surface area contributed by atoms with E-state index in [-0.39, 0.29) is 5.04 Å². The van der Waals surface area contributed by atoms with Gasteiger partial charge in [-0.05, 0) is 67.3 Å². The molecule has 0 radical (unpaired) electrons. The van der Waals surface area contributed by atoms with Gasteiger partial charge in [0.2, 0.25) is 8.32 Å². The first-order valence-corrected chi connectivity index (χ1v) is 11.5. The molecule has 1 N–H and O–H groups in total. The molecule has 1 aromatic carbocycles. The Labute approximate surface area is 137 Å². The number of aliphatic hydroxyl groups is 1. The molecule has 0 aromatic heterocycles. The quantitative estimate of drug-likeness (QED) is 0.759. The van der Waals surface area contributed by atoms with Crippen molar-refractivity contribution in [3.8, 4) is 5.75 Å². The third-order valence-corrected chi connectivity index (χ3v) is 9.98. The summed E-state index contributed by atoms with van der Waals surface area (Å²) in [4.78, 5) is 0. The summed E-state index contributed by atoms with van der Waals surface area (Å²) in [6.45, 7) is 11.8. The fraction of sp³-hybridized carbons (Fsp3) is 0.684. The van der Waals surface area contributed by atoms with Crippen molar-refractivity contribution < 1.29 is 9.53 Å². The zero-order valence-electron chi connectivity index (χ0n) is 14.9. The lowest BCUT2D eigenvalue weighted by molar-refractivity contribution is 0.182. The molecule has 3 heteroatoms. The van der Waals surface area contributed by atoms with Crippen molar-refractivity contribution >= 4 is 8.32 Å². The lowest BCUT2D eigenvalue weighted by Crippen LogP contribution is -2.44. The van der Waals surface area contributed by atoms with E-state index in [0.717, 1.165) is 18.6 Å². The van der Waals surface area contributed by atoms with Crippen LogP contribution in [-0.2, 0) is 0 Å². The number of hydrogen-bond acceptors (Lipinski definition) is 2. The SMILES string of the molecule is CC(C)(C)[Si](C)(C)Oc1ccccc1C1CCC(CO)CC1. The zero-order valence-corrected chi connectivity index (χ0v) is 15.9. The highest BCUT2D eigenvalue weighted by atomic mass is 28.4. The van der Waals surface area contributed by atoms with Crippen molar-refractivity contribution in [1.29, 1.82) is 0 Å². The monoisotopic (exact) mass is 320 g/mol. The largest absolute Gasteiger partial charge is 0.543 e. The minimum Gasteiger partial charge on any atom is -0.543 e. The van der Waals surface area contributed by atoms with Gasteiger partial charge in [-0.3, -0.25) is 0 Å². The Morgan fingerprint density at radius 3 is 2.23 bits per heavy atom. The predicted octanol–water partition coefficient (Wildman–Crippen LogP) is 5.34. The maximum absolute atomic E-state index is 9.33. The van der Waals surface area contributed by atoms with E-state index in [1.54, 1.807) is 0 Å². The summed E-state index contributed by atoms with van der Waals surface area (Å²) in [6, 6.07) is 8.61. The van der Waals surface area contributed by atoms with Gasteiger partial charge in [-0.2, -0.15) is 0 Å². The maximum atomic E-state index is 9.33. The van der Waals surface area contributed by atoms with Crippen molar-refractivity contribution in [2.24, 2.45) is 5.92 Å². The Kier molecular flexibility index (Phi) is 5.39. The number of benzene rings is 1. The summed E-state index contributed by atoms with van der Waals surface area (Å²) in [6.07, 6.45) is 4.61. The summed E-state index contributed by atoms with van der Waals surface area (Å²) in [5.41, 5.74) is 1.38. The Bertz CT molecular complexity index is 482. The summed E-state index contributed by atoms with van der Waals surface area (Å²) in [5, 5.41) is 9.54. The van der Waals surface area contributed by atoms with Crippen LogP contribution in [0.3, 0.4) is 0 Å². The van der Waals surface area contributed by atoms with E-state index >= 15 is 0 Å². The molecule has 0 unspecified atom stereocenters. The van der Waals surface area contributed by atoms with Gasteiger partial charge < -0.3 is 9.53 Å². The normalized spacial score (nSPS) is 23.4. The van der Waals surface area contributed by atoms with Gasteiger partial charge in [-0.1, -0.05) is 39.0 Å². The highest BCUT2D eigenvalue weighted by molar-refractivity contribution is 6.74. The van der Waals surface area contributed by atoms with Gasteiger partial charge in [0.05, 0.1) is 0 Å². The third kappa shape index (κ3) is 3.93. The molecule has 1 saturated carbocycles. The summed E-state index contributed by atoms with van der Waals surface area (Å²) >= 11 is 0. The van der Waals surface area contributed by atoms with Crippen LogP contribution in [0.4, 0.5) is 0 Å². The lowest BCUT2D eigenvalue weighted by atomic mass is 9.79. The molecule has 1 aliphatic rings. The van der Waals surface area contributed by atoms with Crippen molar-refractivity contribution in [3.05, 3.63) is 29.8 Å². The molecule has 1 fully saturated rings. The average Bonchev–Trinajstić information content (AvgIpc) is 2.46. The Morgan fingerprint density at radius 1 is 1.09 bits per heavy atom. The van der Waals surface area contributed by atoms with E-state index in [9.17, 15) is 5.11 Å². The van der Waals surface area contributed by atoms with Crippen LogP contribution >= 0.6 is 0 Å². The van der Waals surface area contributed by atoms with Crippen LogP contribution < -0.4 is 4.43 Å². The fourth-order valence-electron chi connectivity index (χ4n) is 2.99. The highest BCUT2D eigenvalue weighted by Gasteiger charge is 2.39. The average molecular weight is 321 g/mol. The number of rotatable bonds is 4. The first kappa shape index (κ1) is 17.5. The first-order chi connectivity index (χ1) is 10.2. The Balaban J connectivity index is 2.18. The second-order valence-electron chi connectivity index (χ2n) is 8.30. The summed E-state index contributed by atoms with van der Waals surface area (Å²) < 4.78 is 6.59. The van der Waals surface area contributed by atoms with Crippen LogP contribution in [0, 0.1) is 5.92 Å². The molecular formula is C19H32O2Si. The number of para-hydroxylation sites is 1. The first-order valence-electron chi connectivity index (χ1n) is 8.63. The van der Waals surface area contributed by atoms with E-state index in [2.05, 4.69) is 58.1 Å². The van der Waals surface area contributed by atoms with E-state index in [0.29, 0.717) is 18.4 Å². The van der Waals surface area contributed by atoms with E-state index in [4.69, 9.17) is 4.43 Å². The molecule has 0 atom stereocenters. The third-order valence-electron chi connectivity index (χ3n) is 5.64. The Hall–Kier alpha value is -0.803. The maximum Gasteiger partial charge on any atom is 0.250 e. The minimum absolute atomic E-state index is 0.217. The van der Waals surface area contributed by atoms with Gasteiger partial charge >= 0.3 is 0 Å². The molecular weight excluding hydrogens is 288 g/mol. The van der Waals surface area contributed by atoms with E-state index in [1.807, 2.05) is 0 Å². The molecule has 124 valence electrons. The van der Waals surface area contributed by atoms with Gasteiger partial charge in [0.1, 0.15) is 5.75 Å². The van der Waals surface area contributed by atoms with Crippen molar-refractivity contribution in [2.75, 3.05) is 6.61 Å². The molecule has 0 amide bonds. The standard InChI is InChI=1S/C19H32O2Si/c1-19(2,3)22(4,5)21-18-9-7-6-8-17(18)16-12-10-15(14-20)11-13-16/h6-9,15-16,20H,10-14H2,1-5H3. The van der Waals surface area contributed by atoms with Crippen molar-refractivity contribution in [3.63, 3.8) is 0 Å². The molecule has 0 spiro atoms. The molecule has 2 nitrogen and oxygen atoms in total. The van der Waals surface area contributed by atoms with Crippen molar-refractivity contribution in [1.82, 2.24) is 0 Å². The molecule has 0 aliphatic heterocycles. The molecule has 0 saturated heterocycles. The second-order valence-corrected chi connectivity index (χ2v) is 13.0. The van der Waals surface area contributed by atoms with Gasteiger partial charge in [-0.25, -0.2) is 0 Å². The summed E-state index contributed by atoms with van der Waals surface area (Å²) in [5.74, 6) is 2.19.